The number of halogens is 2. The molecule has 0 bridgehead atoms. The Bertz CT molecular complexity index is 1290. The highest BCUT2D eigenvalue weighted by Gasteiger charge is 2.29. The third-order valence-electron chi connectivity index (χ3n) is 5.73. The predicted molar refractivity (Wildman–Crippen MR) is 131 cm³/mol. The van der Waals surface area contributed by atoms with E-state index in [1.54, 1.807) is 28.8 Å². The molecule has 1 aromatic heterocycles. The molecule has 0 saturated carbocycles. The van der Waals surface area contributed by atoms with E-state index in [4.69, 9.17) is 16.3 Å². The topological polar surface area (TPSA) is 88.8 Å². The molecule has 0 aliphatic heterocycles. The summed E-state index contributed by atoms with van der Waals surface area (Å²) in [5, 5.41) is 20.0. The second kappa shape index (κ2) is 9.76. The van der Waals surface area contributed by atoms with E-state index in [1.807, 2.05) is 34.6 Å². The molecule has 0 fully saturated rings. The van der Waals surface area contributed by atoms with Crippen LogP contribution in [0.4, 0.5) is 4.39 Å². The number of hydrogen-bond donors (Lipinski definition) is 2. The fourth-order valence-electron chi connectivity index (χ4n) is 4.00. The van der Waals surface area contributed by atoms with Crippen molar-refractivity contribution in [3.05, 3.63) is 74.3 Å². The molecule has 1 atom stereocenters. The minimum Gasteiger partial charge on any atom is -0.491 e. The zero-order chi connectivity index (χ0) is 25.4. The molecule has 3 aromatic rings. The Balaban J connectivity index is 2.38. The van der Waals surface area contributed by atoms with Gasteiger partial charge in [0.05, 0.1) is 29.3 Å². The Labute approximate surface area is 202 Å². The molecular weight excluding hydrogens is 461 g/mol. The molecule has 3 rings (SSSR count). The summed E-state index contributed by atoms with van der Waals surface area (Å²) in [7, 11) is 0. The van der Waals surface area contributed by atoms with Gasteiger partial charge in [-0.25, -0.2) is 9.18 Å². The highest BCUT2D eigenvalue weighted by molar-refractivity contribution is 6.30. The van der Waals surface area contributed by atoms with E-state index in [-0.39, 0.29) is 29.5 Å². The van der Waals surface area contributed by atoms with Crippen LogP contribution >= 0.6 is 11.6 Å². The monoisotopic (exact) mass is 489 g/mol. The Hall–Kier alpha value is -2.90. The predicted octanol–water partition coefficient (Wildman–Crippen LogP) is 5.45. The highest BCUT2D eigenvalue weighted by Crippen LogP contribution is 2.35. The van der Waals surface area contributed by atoms with Crippen molar-refractivity contribution in [2.24, 2.45) is 5.41 Å². The molecule has 0 radical (unpaired) electrons. The van der Waals surface area contributed by atoms with Crippen LogP contribution in [0.1, 0.15) is 62.1 Å². The van der Waals surface area contributed by atoms with Crippen LogP contribution in [0.15, 0.2) is 41.3 Å². The van der Waals surface area contributed by atoms with Crippen LogP contribution in [0, 0.1) is 11.2 Å². The number of hydrogen-bond acceptors (Lipinski definition) is 4. The Morgan fingerprint density at radius 3 is 2.44 bits per heavy atom. The first-order valence-electron chi connectivity index (χ1n) is 11.0. The third-order valence-corrected chi connectivity index (χ3v) is 6.02. The molecule has 8 heteroatoms. The molecule has 1 heterocycles. The van der Waals surface area contributed by atoms with Gasteiger partial charge in [0.1, 0.15) is 17.1 Å². The molecule has 0 spiro atoms. The van der Waals surface area contributed by atoms with E-state index in [0.717, 1.165) is 0 Å². The summed E-state index contributed by atoms with van der Waals surface area (Å²) in [5.41, 5.74) is -0.257. The number of carboxylic acids is 1. The second-order valence-corrected chi connectivity index (χ2v) is 10.1. The minimum atomic E-state index is -1.36. The van der Waals surface area contributed by atoms with Gasteiger partial charge in [-0.3, -0.25) is 4.79 Å². The Morgan fingerprint density at radius 1 is 1.21 bits per heavy atom. The van der Waals surface area contributed by atoms with Crippen LogP contribution in [-0.2, 0) is 6.42 Å². The standard InChI is InChI=1S/C26H29ClFNO5/c1-14(2)34-21-11-20-17(10-16(21)9-15-7-6-8-19(27)23(15)28)24(31)18(25(32)33)12-29(20)22(13-30)26(3,4)5/h6-8,10-12,14,22,30H,9,13H2,1-5H3,(H,32,33)/t22-/m1/s1. The van der Waals surface area contributed by atoms with E-state index >= 15 is 0 Å². The summed E-state index contributed by atoms with van der Waals surface area (Å²) >= 11 is 5.95. The van der Waals surface area contributed by atoms with Crippen molar-refractivity contribution < 1.29 is 24.1 Å². The fraction of sp³-hybridized carbons (Fsp3) is 0.385. The SMILES string of the molecule is CC(C)Oc1cc2c(cc1Cc1cccc(Cl)c1F)c(=O)c(C(=O)O)cn2[C@H](CO)C(C)(C)C. The molecule has 0 unspecified atom stereocenters. The molecule has 2 N–H and O–H groups in total. The first-order chi connectivity index (χ1) is 15.8. The lowest BCUT2D eigenvalue weighted by Crippen LogP contribution is -2.30. The van der Waals surface area contributed by atoms with E-state index < -0.39 is 34.2 Å². The molecular formula is C26H29ClFNO5. The molecule has 2 aromatic carbocycles. The van der Waals surface area contributed by atoms with Gasteiger partial charge in [-0.1, -0.05) is 44.5 Å². The number of aromatic nitrogens is 1. The lowest BCUT2D eigenvalue weighted by molar-refractivity contribution is 0.0692. The Kier molecular flexibility index (Phi) is 7.38. The van der Waals surface area contributed by atoms with E-state index in [2.05, 4.69) is 0 Å². The van der Waals surface area contributed by atoms with E-state index in [9.17, 15) is 24.2 Å². The van der Waals surface area contributed by atoms with E-state index in [1.165, 1.54) is 12.3 Å². The largest absolute Gasteiger partial charge is 0.491 e. The highest BCUT2D eigenvalue weighted by atomic mass is 35.5. The van der Waals surface area contributed by atoms with Crippen molar-refractivity contribution in [1.82, 2.24) is 4.57 Å². The number of rotatable bonds is 7. The van der Waals surface area contributed by atoms with Gasteiger partial charge in [0.25, 0.3) is 0 Å². The van der Waals surface area contributed by atoms with Gasteiger partial charge in [-0.2, -0.15) is 0 Å². The zero-order valence-electron chi connectivity index (χ0n) is 19.9. The number of aromatic carboxylic acids is 1. The summed E-state index contributed by atoms with van der Waals surface area (Å²) in [6, 6.07) is 7.38. The number of fused-ring (bicyclic) bond motifs is 1. The average molecular weight is 490 g/mol. The van der Waals surface area contributed by atoms with Gasteiger partial charge in [-0.05, 0) is 42.5 Å². The summed E-state index contributed by atoms with van der Waals surface area (Å²) in [6.45, 7) is 9.18. The lowest BCUT2D eigenvalue weighted by Gasteiger charge is -2.33. The maximum atomic E-state index is 14.6. The van der Waals surface area contributed by atoms with Gasteiger partial charge in [0.2, 0.25) is 5.43 Å². The van der Waals surface area contributed by atoms with Crippen molar-refractivity contribution >= 4 is 28.5 Å². The van der Waals surface area contributed by atoms with Crippen LogP contribution in [0.2, 0.25) is 5.02 Å². The number of aliphatic hydroxyl groups excluding tert-OH is 1. The number of ether oxygens (including phenoxy) is 1. The summed E-state index contributed by atoms with van der Waals surface area (Å²) in [6.07, 6.45) is 1.15. The van der Waals surface area contributed by atoms with Crippen molar-refractivity contribution in [2.75, 3.05) is 6.61 Å². The first kappa shape index (κ1) is 25.7. The van der Waals surface area contributed by atoms with E-state index in [0.29, 0.717) is 22.4 Å². The first-order valence-corrected chi connectivity index (χ1v) is 11.4. The summed E-state index contributed by atoms with van der Waals surface area (Å²) < 4.78 is 22.3. The van der Waals surface area contributed by atoms with Crippen LogP contribution in [0.5, 0.6) is 5.75 Å². The molecule has 6 nitrogen and oxygen atoms in total. The Morgan fingerprint density at radius 2 is 1.88 bits per heavy atom. The van der Waals surface area contributed by atoms with Crippen molar-refractivity contribution in [3.8, 4) is 5.75 Å². The fourth-order valence-corrected chi connectivity index (χ4v) is 4.20. The van der Waals surface area contributed by atoms with Gasteiger partial charge >= 0.3 is 5.97 Å². The van der Waals surface area contributed by atoms with Gasteiger partial charge in [0.15, 0.2) is 0 Å². The minimum absolute atomic E-state index is 0.0175. The molecule has 0 amide bonds. The molecule has 34 heavy (non-hydrogen) atoms. The number of carbonyl (C=O) groups is 1. The maximum absolute atomic E-state index is 14.6. The summed E-state index contributed by atoms with van der Waals surface area (Å²) in [4.78, 5) is 25.0. The number of carboxylic acid groups (broad SMARTS) is 1. The number of pyridine rings is 1. The second-order valence-electron chi connectivity index (χ2n) is 9.68. The van der Waals surface area contributed by atoms with Gasteiger partial charge in [0, 0.05) is 24.1 Å². The smallest absolute Gasteiger partial charge is 0.341 e. The number of aliphatic hydroxyl groups is 1. The van der Waals surface area contributed by atoms with Crippen molar-refractivity contribution in [1.29, 1.82) is 0 Å². The quantitative estimate of drug-likeness (QED) is 0.460. The van der Waals surface area contributed by atoms with Gasteiger partial charge in [-0.15, -0.1) is 0 Å². The average Bonchev–Trinajstić information content (AvgIpc) is 2.72. The maximum Gasteiger partial charge on any atom is 0.341 e. The van der Waals surface area contributed by atoms with Gasteiger partial charge < -0.3 is 19.5 Å². The third kappa shape index (κ3) is 5.10. The zero-order valence-corrected chi connectivity index (χ0v) is 20.6. The van der Waals surface area contributed by atoms with Crippen molar-refractivity contribution in [3.63, 3.8) is 0 Å². The lowest BCUT2D eigenvalue weighted by atomic mass is 9.86. The molecule has 0 aliphatic rings. The van der Waals surface area contributed by atoms with Crippen LogP contribution in [0.25, 0.3) is 10.9 Å². The van der Waals surface area contributed by atoms with Crippen molar-refractivity contribution in [2.45, 2.75) is 53.2 Å². The number of benzene rings is 2. The van der Waals surface area contributed by atoms with Crippen LogP contribution < -0.4 is 10.2 Å². The molecule has 182 valence electrons. The van der Waals surface area contributed by atoms with Crippen LogP contribution in [0.3, 0.4) is 0 Å². The molecule has 0 aliphatic carbocycles. The molecule has 0 saturated heterocycles. The summed E-state index contributed by atoms with van der Waals surface area (Å²) in [5.74, 6) is -1.50. The number of nitrogens with zero attached hydrogens (tertiary/aromatic N) is 1. The normalized spacial score (nSPS) is 12.9. The van der Waals surface area contributed by atoms with Crippen LogP contribution in [-0.4, -0.2) is 33.5 Å².